The number of aromatic nitrogens is 1. The van der Waals surface area contributed by atoms with Gasteiger partial charge in [-0.1, -0.05) is 30.3 Å². The molecule has 1 aliphatic heterocycles. The van der Waals surface area contributed by atoms with Crippen molar-refractivity contribution in [1.29, 1.82) is 0 Å². The first-order valence-corrected chi connectivity index (χ1v) is 10.4. The molecule has 2 amide bonds. The smallest absolute Gasteiger partial charge is 0.265 e. The third-order valence-electron chi connectivity index (χ3n) is 5.45. The largest absolute Gasteiger partial charge is 0.482 e. The summed E-state index contributed by atoms with van der Waals surface area (Å²) in [6, 6.07) is 16.5. The van der Waals surface area contributed by atoms with Crippen molar-refractivity contribution in [3.8, 4) is 5.75 Å². The Morgan fingerprint density at radius 1 is 1.16 bits per heavy atom. The van der Waals surface area contributed by atoms with E-state index in [2.05, 4.69) is 4.98 Å². The zero-order valence-electron chi connectivity index (χ0n) is 18.0. The SMILES string of the molecule is Cc1ccc2c(c1)N(C(C)C(=O)N(Cc1ccccn1)Cc1ccccc1F)C(=O)CO2. The van der Waals surface area contributed by atoms with Crippen LogP contribution in [0.2, 0.25) is 0 Å². The number of carbonyl (C=O) groups excluding carboxylic acids is 2. The summed E-state index contributed by atoms with van der Waals surface area (Å²) in [5, 5.41) is 0. The van der Waals surface area contributed by atoms with E-state index in [0.717, 1.165) is 5.56 Å². The minimum absolute atomic E-state index is 0.0611. The van der Waals surface area contributed by atoms with Gasteiger partial charge in [0.15, 0.2) is 6.61 Å². The van der Waals surface area contributed by atoms with E-state index in [4.69, 9.17) is 4.74 Å². The first kappa shape index (κ1) is 21.5. The molecule has 1 aromatic heterocycles. The van der Waals surface area contributed by atoms with Gasteiger partial charge >= 0.3 is 0 Å². The van der Waals surface area contributed by atoms with Crippen LogP contribution in [0, 0.1) is 12.7 Å². The molecule has 1 unspecified atom stereocenters. The van der Waals surface area contributed by atoms with Gasteiger partial charge in [-0.3, -0.25) is 19.5 Å². The Kier molecular flexibility index (Phi) is 6.16. The number of pyridine rings is 1. The average Bonchev–Trinajstić information content (AvgIpc) is 2.79. The molecule has 0 aliphatic carbocycles. The van der Waals surface area contributed by atoms with E-state index in [0.29, 0.717) is 22.7 Å². The second-order valence-corrected chi connectivity index (χ2v) is 7.81. The highest BCUT2D eigenvalue weighted by Crippen LogP contribution is 2.34. The van der Waals surface area contributed by atoms with E-state index in [9.17, 15) is 14.0 Å². The summed E-state index contributed by atoms with van der Waals surface area (Å²) >= 11 is 0. The molecule has 0 fully saturated rings. The van der Waals surface area contributed by atoms with Gasteiger partial charge < -0.3 is 9.64 Å². The summed E-state index contributed by atoms with van der Waals surface area (Å²) in [6.07, 6.45) is 1.65. The van der Waals surface area contributed by atoms with Crippen LogP contribution in [0.15, 0.2) is 66.9 Å². The molecule has 0 spiro atoms. The zero-order chi connectivity index (χ0) is 22.7. The zero-order valence-corrected chi connectivity index (χ0v) is 18.0. The number of hydrogen-bond donors (Lipinski definition) is 0. The lowest BCUT2D eigenvalue weighted by Crippen LogP contribution is -2.52. The topological polar surface area (TPSA) is 62.7 Å². The molecule has 0 bridgehead atoms. The maximum atomic E-state index is 14.4. The summed E-state index contributed by atoms with van der Waals surface area (Å²) in [5.41, 5.74) is 2.58. The summed E-state index contributed by atoms with van der Waals surface area (Å²) < 4.78 is 19.9. The number of rotatable bonds is 6. The molecule has 1 atom stereocenters. The van der Waals surface area contributed by atoms with Crippen LogP contribution >= 0.6 is 0 Å². The van der Waals surface area contributed by atoms with Crippen molar-refractivity contribution in [2.45, 2.75) is 33.0 Å². The lowest BCUT2D eigenvalue weighted by molar-refractivity contribution is -0.136. The number of aryl methyl sites for hydroxylation is 1. The summed E-state index contributed by atoms with van der Waals surface area (Å²) in [7, 11) is 0. The van der Waals surface area contributed by atoms with Crippen LogP contribution in [0.4, 0.5) is 10.1 Å². The molecule has 1 aliphatic rings. The quantitative estimate of drug-likeness (QED) is 0.592. The number of ether oxygens (including phenoxy) is 1. The molecular formula is C25H24FN3O3. The third-order valence-corrected chi connectivity index (χ3v) is 5.45. The maximum absolute atomic E-state index is 14.4. The molecule has 2 heterocycles. The van der Waals surface area contributed by atoms with Crippen LogP contribution in [-0.4, -0.2) is 34.3 Å². The van der Waals surface area contributed by atoms with E-state index >= 15 is 0 Å². The fourth-order valence-corrected chi connectivity index (χ4v) is 3.81. The first-order valence-electron chi connectivity index (χ1n) is 10.4. The molecule has 0 radical (unpaired) electrons. The number of carbonyl (C=O) groups is 2. The fourth-order valence-electron chi connectivity index (χ4n) is 3.81. The number of nitrogens with zero attached hydrogens (tertiary/aromatic N) is 3. The van der Waals surface area contributed by atoms with Crippen LogP contribution in [0.5, 0.6) is 5.75 Å². The number of amides is 2. The van der Waals surface area contributed by atoms with Crippen LogP contribution in [0.1, 0.15) is 23.7 Å². The van der Waals surface area contributed by atoms with Crippen molar-refractivity contribution in [2.24, 2.45) is 0 Å². The fraction of sp³-hybridized carbons (Fsp3) is 0.240. The van der Waals surface area contributed by atoms with E-state index < -0.39 is 6.04 Å². The molecule has 7 heteroatoms. The lowest BCUT2D eigenvalue weighted by Gasteiger charge is -2.36. The molecule has 0 saturated heterocycles. The Hall–Kier alpha value is -3.74. The van der Waals surface area contributed by atoms with Crippen molar-refractivity contribution >= 4 is 17.5 Å². The normalized spacial score (nSPS) is 13.8. The molecule has 0 N–H and O–H groups in total. The molecule has 6 nitrogen and oxygen atoms in total. The summed E-state index contributed by atoms with van der Waals surface area (Å²) in [4.78, 5) is 33.7. The number of anilines is 1. The van der Waals surface area contributed by atoms with Gasteiger partial charge in [0, 0.05) is 18.3 Å². The lowest BCUT2D eigenvalue weighted by atomic mass is 10.1. The van der Waals surface area contributed by atoms with Crippen LogP contribution in [0.25, 0.3) is 0 Å². The van der Waals surface area contributed by atoms with Crippen molar-refractivity contribution < 1.29 is 18.7 Å². The Morgan fingerprint density at radius 2 is 1.94 bits per heavy atom. The van der Waals surface area contributed by atoms with E-state index in [1.807, 2.05) is 31.2 Å². The van der Waals surface area contributed by atoms with Gasteiger partial charge in [0.2, 0.25) is 5.91 Å². The number of fused-ring (bicyclic) bond motifs is 1. The van der Waals surface area contributed by atoms with Gasteiger partial charge in [-0.05, 0) is 49.7 Å². The van der Waals surface area contributed by atoms with Crippen molar-refractivity contribution in [1.82, 2.24) is 9.88 Å². The molecule has 4 rings (SSSR count). The van der Waals surface area contributed by atoms with Crippen molar-refractivity contribution in [2.75, 3.05) is 11.5 Å². The van der Waals surface area contributed by atoms with Crippen LogP contribution < -0.4 is 9.64 Å². The Labute approximate surface area is 186 Å². The maximum Gasteiger partial charge on any atom is 0.265 e. The number of halogens is 1. The monoisotopic (exact) mass is 433 g/mol. The standard InChI is InChI=1S/C25H24FN3O3/c1-17-10-11-23-22(13-17)29(24(30)16-32-23)18(2)25(31)28(15-20-8-5-6-12-27-20)14-19-7-3-4-9-21(19)26/h3-13,18H,14-16H2,1-2H3. The predicted molar refractivity (Wildman–Crippen MR) is 119 cm³/mol. The molecule has 3 aromatic rings. The van der Waals surface area contributed by atoms with E-state index in [1.165, 1.54) is 15.9 Å². The second kappa shape index (κ2) is 9.18. The number of hydrogen-bond acceptors (Lipinski definition) is 4. The number of benzene rings is 2. The van der Waals surface area contributed by atoms with Gasteiger partial charge in [-0.15, -0.1) is 0 Å². The van der Waals surface area contributed by atoms with Gasteiger partial charge in [-0.2, -0.15) is 0 Å². The highest BCUT2D eigenvalue weighted by Gasteiger charge is 2.35. The summed E-state index contributed by atoms with van der Waals surface area (Å²) in [5.74, 6) is -0.433. The van der Waals surface area contributed by atoms with Gasteiger partial charge in [-0.25, -0.2) is 4.39 Å². The highest BCUT2D eigenvalue weighted by molar-refractivity contribution is 6.03. The van der Waals surface area contributed by atoms with Crippen molar-refractivity contribution in [3.05, 3.63) is 89.5 Å². The highest BCUT2D eigenvalue weighted by atomic mass is 19.1. The van der Waals surface area contributed by atoms with Crippen LogP contribution in [-0.2, 0) is 22.7 Å². The molecule has 0 saturated carbocycles. The summed E-state index contributed by atoms with van der Waals surface area (Å²) in [6.45, 7) is 3.71. The first-order chi connectivity index (χ1) is 15.4. The Balaban J connectivity index is 1.66. The van der Waals surface area contributed by atoms with Crippen LogP contribution in [0.3, 0.4) is 0 Å². The molecule has 164 valence electrons. The van der Waals surface area contributed by atoms with Gasteiger partial charge in [0.1, 0.15) is 17.6 Å². The van der Waals surface area contributed by atoms with E-state index in [1.54, 1.807) is 43.5 Å². The van der Waals surface area contributed by atoms with Gasteiger partial charge in [0.25, 0.3) is 5.91 Å². The van der Waals surface area contributed by atoms with E-state index in [-0.39, 0.29) is 37.3 Å². The minimum atomic E-state index is -0.803. The van der Waals surface area contributed by atoms with Gasteiger partial charge in [0.05, 0.1) is 17.9 Å². The molecule has 2 aromatic carbocycles. The average molecular weight is 433 g/mol. The third kappa shape index (κ3) is 4.46. The Morgan fingerprint density at radius 3 is 2.69 bits per heavy atom. The van der Waals surface area contributed by atoms with Crippen molar-refractivity contribution in [3.63, 3.8) is 0 Å². The molecular weight excluding hydrogens is 409 g/mol. The minimum Gasteiger partial charge on any atom is -0.482 e. The molecule has 32 heavy (non-hydrogen) atoms. The predicted octanol–water partition coefficient (Wildman–Crippen LogP) is 3.87. The second-order valence-electron chi connectivity index (χ2n) is 7.81. The Bertz CT molecular complexity index is 1140.